The molecule has 0 aliphatic heterocycles. The molecule has 0 amide bonds. The lowest BCUT2D eigenvalue weighted by molar-refractivity contribution is 0.925. The third-order valence-electron chi connectivity index (χ3n) is 2.34. The second-order valence-electron chi connectivity index (χ2n) is 3.67. The van der Waals surface area contributed by atoms with Crippen LogP contribution in [-0.2, 0) is 0 Å². The maximum atomic E-state index is 11.1. The first-order valence-corrected chi connectivity index (χ1v) is 6.10. The van der Waals surface area contributed by atoms with Crippen molar-refractivity contribution < 1.29 is 0 Å². The highest BCUT2D eigenvalue weighted by Gasteiger charge is 2.08. The van der Waals surface area contributed by atoms with Gasteiger partial charge in [0.1, 0.15) is 0 Å². The molecule has 17 heavy (non-hydrogen) atoms. The average molecular weight is 247 g/mol. The Kier molecular flexibility index (Phi) is 3.49. The maximum absolute atomic E-state index is 11.1. The summed E-state index contributed by atoms with van der Waals surface area (Å²) in [5.74, 6) is 0. The third kappa shape index (κ3) is 3.10. The lowest BCUT2D eigenvalue weighted by Crippen LogP contribution is -2.05. The number of anilines is 1. The minimum atomic E-state index is -0.132. The molecule has 1 atom stereocenters. The highest BCUT2D eigenvalue weighted by Crippen LogP contribution is 2.32. The number of hydrogen-bond acceptors (Lipinski definition) is 4. The molecule has 2 aromatic rings. The Balaban J connectivity index is 2.14. The molecule has 88 valence electrons. The molecular weight excluding hydrogens is 234 g/mol. The summed E-state index contributed by atoms with van der Waals surface area (Å²) in [4.78, 5) is 17.9. The largest absolute Gasteiger partial charge is 0.399 e. The SMILES string of the molecule is CC(Sc1nccc(=O)[nH]1)c1ccc(N)cc1. The first kappa shape index (κ1) is 11.7. The number of rotatable bonds is 3. The first-order chi connectivity index (χ1) is 8.15. The van der Waals surface area contributed by atoms with Crippen LogP contribution < -0.4 is 11.3 Å². The third-order valence-corrected chi connectivity index (χ3v) is 3.40. The highest BCUT2D eigenvalue weighted by atomic mass is 32.2. The topological polar surface area (TPSA) is 71.8 Å². The monoisotopic (exact) mass is 247 g/mol. The van der Waals surface area contributed by atoms with Crippen LogP contribution in [-0.4, -0.2) is 9.97 Å². The van der Waals surface area contributed by atoms with E-state index in [1.54, 1.807) is 0 Å². The predicted molar refractivity (Wildman–Crippen MR) is 70.0 cm³/mol. The maximum Gasteiger partial charge on any atom is 0.251 e. The molecule has 0 aliphatic carbocycles. The van der Waals surface area contributed by atoms with Crippen molar-refractivity contribution in [3.8, 4) is 0 Å². The number of nitrogens with zero attached hydrogens (tertiary/aromatic N) is 1. The van der Waals surface area contributed by atoms with Gasteiger partial charge in [-0.1, -0.05) is 23.9 Å². The minimum absolute atomic E-state index is 0.132. The van der Waals surface area contributed by atoms with Crippen molar-refractivity contribution in [2.45, 2.75) is 17.3 Å². The van der Waals surface area contributed by atoms with E-state index in [2.05, 4.69) is 16.9 Å². The molecule has 4 nitrogen and oxygen atoms in total. The van der Waals surface area contributed by atoms with E-state index in [4.69, 9.17) is 5.73 Å². The normalized spacial score (nSPS) is 12.3. The summed E-state index contributed by atoms with van der Waals surface area (Å²) < 4.78 is 0. The molecule has 1 heterocycles. The molecule has 0 fully saturated rings. The van der Waals surface area contributed by atoms with Gasteiger partial charge in [0.15, 0.2) is 5.16 Å². The molecule has 0 saturated heterocycles. The summed E-state index contributed by atoms with van der Waals surface area (Å²) in [5.41, 5.74) is 7.40. The number of nitrogen functional groups attached to an aromatic ring is 1. The van der Waals surface area contributed by atoms with Crippen molar-refractivity contribution in [1.29, 1.82) is 0 Å². The van der Waals surface area contributed by atoms with Gasteiger partial charge in [-0.2, -0.15) is 0 Å². The molecule has 3 N–H and O–H groups in total. The zero-order valence-electron chi connectivity index (χ0n) is 9.38. The fourth-order valence-electron chi connectivity index (χ4n) is 1.41. The second-order valence-corrected chi connectivity index (χ2v) is 5.00. The van der Waals surface area contributed by atoms with Gasteiger partial charge in [0, 0.05) is 23.2 Å². The molecule has 0 aliphatic rings. The number of nitrogens with one attached hydrogen (secondary N) is 1. The van der Waals surface area contributed by atoms with E-state index < -0.39 is 0 Å². The van der Waals surface area contributed by atoms with Crippen molar-refractivity contribution in [3.63, 3.8) is 0 Å². The molecule has 2 rings (SSSR count). The van der Waals surface area contributed by atoms with Crippen LogP contribution in [0.3, 0.4) is 0 Å². The Morgan fingerprint density at radius 2 is 2.00 bits per heavy atom. The molecule has 0 radical (unpaired) electrons. The number of benzene rings is 1. The molecule has 5 heteroatoms. The molecule has 0 saturated carbocycles. The first-order valence-electron chi connectivity index (χ1n) is 5.22. The molecule has 1 unspecified atom stereocenters. The van der Waals surface area contributed by atoms with Crippen LogP contribution >= 0.6 is 11.8 Å². The number of thioether (sulfide) groups is 1. The fraction of sp³-hybridized carbons (Fsp3) is 0.167. The van der Waals surface area contributed by atoms with E-state index in [0.29, 0.717) is 5.16 Å². The van der Waals surface area contributed by atoms with Crippen molar-refractivity contribution in [2.24, 2.45) is 0 Å². The van der Waals surface area contributed by atoms with Gasteiger partial charge in [-0.15, -0.1) is 0 Å². The Hall–Kier alpha value is -1.75. The summed E-state index contributed by atoms with van der Waals surface area (Å²) in [7, 11) is 0. The van der Waals surface area contributed by atoms with Crippen LogP contribution in [0.5, 0.6) is 0 Å². The van der Waals surface area contributed by atoms with Crippen LogP contribution in [0.4, 0.5) is 5.69 Å². The quantitative estimate of drug-likeness (QED) is 0.495. The number of aromatic nitrogens is 2. The van der Waals surface area contributed by atoms with Gasteiger partial charge in [0.25, 0.3) is 5.56 Å². The van der Waals surface area contributed by atoms with Gasteiger partial charge < -0.3 is 10.7 Å². The van der Waals surface area contributed by atoms with Gasteiger partial charge in [-0.05, 0) is 24.6 Å². The van der Waals surface area contributed by atoms with Gasteiger partial charge in [-0.25, -0.2) is 4.98 Å². The summed E-state index contributed by atoms with van der Waals surface area (Å²) >= 11 is 1.51. The van der Waals surface area contributed by atoms with Crippen molar-refractivity contribution in [3.05, 3.63) is 52.4 Å². The number of H-pyrrole nitrogens is 1. The second kappa shape index (κ2) is 5.05. The van der Waals surface area contributed by atoms with Crippen LogP contribution in [0, 0.1) is 0 Å². The van der Waals surface area contributed by atoms with E-state index >= 15 is 0 Å². The minimum Gasteiger partial charge on any atom is -0.399 e. The van der Waals surface area contributed by atoms with E-state index in [-0.39, 0.29) is 10.8 Å². The zero-order chi connectivity index (χ0) is 12.3. The highest BCUT2D eigenvalue weighted by molar-refractivity contribution is 7.99. The van der Waals surface area contributed by atoms with Crippen molar-refractivity contribution in [2.75, 3.05) is 5.73 Å². The van der Waals surface area contributed by atoms with E-state index in [0.717, 1.165) is 11.3 Å². The number of nitrogens with two attached hydrogens (primary N) is 1. The smallest absolute Gasteiger partial charge is 0.251 e. The molecule has 1 aromatic heterocycles. The van der Waals surface area contributed by atoms with Gasteiger partial charge in [0.05, 0.1) is 0 Å². The van der Waals surface area contributed by atoms with E-state index in [9.17, 15) is 4.79 Å². The summed E-state index contributed by atoms with van der Waals surface area (Å²) in [5, 5.41) is 0.836. The van der Waals surface area contributed by atoms with Gasteiger partial charge in [-0.3, -0.25) is 4.79 Å². The Bertz CT molecular complexity index is 550. The molecular formula is C12H13N3OS. The molecule has 1 aromatic carbocycles. The summed E-state index contributed by atoms with van der Waals surface area (Å²) in [6, 6.07) is 9.10. The standard InChI is InChI=1S/C12H13N3OS/c1-8(9-2-4-10(13)5-3-9)17-12-14-7-6-11(16)15-12/h2-8H,13H2,1H3,(H,14,15,16). The average Bonchev–Trinajstić information content (AvgIpc) is 2.29. The summed E-state index contributed by atoms with van der Waals surface area (Å²) in [6.45, 7) is 2.06. The van der Waals surface area contributed by atoms with Crippen LogP contribution in [0.15, 0.2) is 46.5 Å². The van der Waals surface area contributed by atoms with Gasteiger partial charge in [0.2, 0.25) is 0 Å². The fourth-order valence-corrected chi connectivity index (χ4v) is 2.32. The summed E-state index contributed by atoms with van der Waals surface area (Å²) in [6.07, 6.45) is 1.51. The number of hydrogen-bond donors (Lipinski definition) is 2. The van der Waals surface area contributed by atoms with E-state index in [1.165, 1.54) is 24.0 Å². The van der Waals surface area contributed by atoms with Gasteiger partial charge >= 0.3 is 0 Å². The van der Waals surface area contributed by atoms with E-state index in [1.807, 2.05) is 24.3 Å². The van der Waals surface area contributed by atoms with Crippen molar-refractivity contribution >= 4 is 17.4 Å². The Morgan fingerprint density at radius 3 is 2.65 bits per heavy atom. The molecule has 0 spiro atoms. The van der Waals surface area contributed by atoms with Crippen molar-refractivity contribution in [1.82, 2.24) is 9.97 Å². The van der Waals surface area contributed by atoms with Crippen LogP contribution in [0.25, 0.3) is 0 Å². The van der Waals surface area contributed by atoms with Crippen LogP contribution in [0.1, 0.15) is 17.7 Å². The Morgan fingerprint density at radius 1 is 1.29 bits per heavy atom. The lowest BCUT2D eigenvalue weighted by Gasteiger charge is -2.10. The zero-order valence-corrected chi connectivity index (χ0v) is 10.2. The lowest BCUT2D eigenvalue weighted by atomic mass is 10.1. The Labute approximate surface area is 103 Å². The number of aromatic amines is 1. The van der Waals surface area contributed by atoms with Crippen LogP contribution in [0.2, 0.25) is 0 Å². The molecule has 0 bridgehead atoms. The predicted octanol–water partition coefficient (Wildman–Crippen LogP) is 2.21.